The first-order chi connectivity index (χ1) is 17.4. The lowest BCUT2D eigenvalue weighted by Crippen LogP contribution is -2.33. The molecule has 0 saturated carbocycles. The van der Waals surface area contributed by atoms with Crippen LogP contribution in [0.2, 0.25) is 0 Å². The van der Waals surface area contributed by atoms with Gasteiger partial charge in [0.2, 0.25) is 0 Å². The second-order valence-electron chi connectivity index (χ2n) is 8.49. The normalized spacial score (nSPS) is 11.4. The zero-order valence-electron chi connectivity index (χ0n) is 21.5. The molecule has 0 radical (unpaired) electrons. The number of carbonyl (C=O) groups excluding carboxylic acids is 2. The van der Waals surface area contributed by atoms with E-state index in [1.54, 1.807) is 38.5 Å². The van der Waals surface area contributed by atoms with E-state index in [2.05, 4.69) is 10.6 Å². The Hall–Kier alpha value is -4.00. The highest BCUT2D eigenvalue weighted by Crippen LogP contribution is 2.27. The third-order valence-corrected chi connectivity index (χ3v) is 6.00. The SMILES string of the molecule is CC[C@@H](Oc1ccc(C)c(C)c1)C(=O)Nc1ccccc1C(=O)NCCc1ccc(OC)c(OC)c1. The number of anilines is 1. The molecule has 0 heterocycles. The molecule has 0 aromatic heterocycles. The van der Waals surface area contributed by atoms with Gasteiger partial charge < -0.3 is 24.8 Å². The summed E-state index contributed by atoms with van der Waals surface area (Å²) in [6.07, 6.45) is 0.411. The van der Waals surface area contributed by atoms with Crippen molar-refractivity contribution < 1.29 is 23.8 Å². The van der Waals surface area contributed by atoms with Crippen LogP contribution in [0.25, 0.3) is 0 Å². The van der Waals surface area contributed by atoms with Gasteiger partial charge in [-0.15, -0.1) is 0 Å². The number of benzene rings is 3. The van der Waals surface area contributed by atoms with Gasteiger partial charge in [-0.2, -0.15) is 0 Å². The maximum Gasteiger partial charge on any atom is 0.265 e. The predicted octanol–water partition coefficient (Wildman–Crippen LogP) is 5.09. The second kappa shape index (κ2) is 12.6. The number of carbonyl (C=O) groups is 2. The lowest BCUT2D eigenvalue weighted by Gasteiger charge is -2.19. The van der Waals surface area contributed by atoms with Crippen LogP contribution in [0.5, 0.6) is 17.2 Å². The summed E-state index contributed by atoms with van der Waals surface area (Å²) in [7, 11) is 3.18. The summed E-state index contributed by atoms with van der Waals surface area (Å²) in [6.45, 7) is 6.34. The van der Waals surface area contributed by atoms with E-state index in [-0.39, 0.29) is 11.8 Å². The molecule has 2 amide bonds. The van der Waals surface area contributed by atoms with Gasteiger partial charge in [-0.05, 0) is 79.8 Å². The highest BCUT2D eigenvalue weighted by atomic mass is 16.5. The van der Waals surface area contributed by atoms with E-state index in [4.69, 9.17) is 14.2 Å². The second-order valence-corrected chi connectivity index (χ2v) is 8.49. The van der Waals surface area contributed by atoms with Crippen molar-refractivity contribution in [2.75, 3.05) is 26.1 Å². The van der Waals surface area contributed by atoms with Crippen molar-refractivity contribution in [1.82, 2.24) is 5.32 Å². The quantitative estimate of drug-likeness (QED) is 0.391. The molecule has 0 aliphatic heterocycles. The number of para-hydroxylation sites is 1. The molecule has 190 valence electrons. The van der Waals surface area contributed by atoms with Crippen LogP contribution in [0.3, 0.4) is 0 Å². The van der Waals surface area contributed by atoms with Crippen molar-refractivity contribution in [3.05, 3.63) is 82.9 Å². The largest absolute Gasteiger partial charge is 0.493 e. The molecule has 0 saturated heterocycles. The molecule has 0 spiro atoms. The van der Waals surface area contributed by atoms with Gasteiger partial charge >= 0.3 is 0 Å². The Balaban J connectivity index is 1.63. The Labute approximate surface area is 212 Å². The molecule has 0 aliphatic rings. The van der Waals surface area contributed by atoms with Crippen LogP contribution in [0, 0.1) is 13.8 Å². The fourth-order valence-electron chi connectivity index (χ4n) is 3.73. The van der Waals surface area contributed by atoms with Crippen molar-refractivity contribution in [2.45, 2.75) is 39.7 Å². The van der Waals surface area contributed by atoms with E-state index in [9.17, 15) is 9.59 Å². The van der Waals surface area contributed by atoms with Crippen molar-refractivity contribution in [1.29, 1.82) is 0 Å². The standard InChI is InChI=1S/C29H34N2O5/c1-6-25(36-22-13-11-19(2)20(3)17-22)29(33)31-24-10-8-7-9-23(24)28(32)30-16-15-21-12-14-26(34-4)27(18-21)35-5/h7-14,17-18,25H,6,15-16H2,1-5H3,(H,30,32)(H,31,33)/t25-/m1/s1. The lowest BCUT2D eigenvalue weighted by molar-refractivity contribution is -0.122. The molecule has 3 rings (SSSR count). The summed E-state index contributed by atoms with van der Waals surface area (Å²) < 4.78 is 16.6. The monoisotopic (exact) mass is 490 g/mol. The molecule has 0 bridgehead atoms. The van der Waals surface area contributed by atoms with E-state index in [0.717, 1.165) is 16.7 Å². The number of amides is 2. The van der Waals surface area contributed by atoms with Crippen LogP contribution in [0.4, 0.5) is 5.69 Å². The molecule has 36 heavy (non-hydrogen) atoms. The minimum absolute atomic E-state index is 0.269. The number of aryl methyl sites for hydroxylation is 2. The van der Waals surface area contributed by atoms with E-state index in [1.165, 1.54) is 0 Å². The number of hydrogen-bond donors (Lipinski definition) is 2. The number of methoxy groups -OCH3 is 2. The van der Waals surface area contributed by atoms with Gasteiger partial charge in [0.15, 0.2) is 17.6 Å². The number of nitrogens with one attached hydrogen (secondary N) is 2. The predicted molar refractivity (Wildman–Crippen MR) is 141 cm³/mol. The maximum absolute atomic E-state index is 13.0. The summed E-state index contributed by atoms with van der Waals surface area (Å²) in [5.41, 5.74) is 4.08. The van der Waals surface area contributed by atoms with E-state index in [1.807, 2.05) is 57.2 Å². The molecule has 0 aliphatic carbocycles. The first-order valence-electron chi connectivity index (χ1n) is 12.0. The average molecular weight is 491 g/mol. The Morgan fingerprint density at radius 2 is 1.64 bits per heavy atom. The van der Waals surface area contributed by atoms with E-state index >= 15 is 0 Å². The first kappa shape index (κ1) is 26.6. The first-order valence-corrected chi connectivity index (χ1v) is 12.0. The van der Waals surface area contributed by atoms with Gasteiger partial charge in [0, 0.05) is 6.54 Å². The van der Waals surface area contributed by atoms with Crippen molar-refractivity contribution in [2.24, 2.45) is 0 Å². The average Bonchev–Trinajstić information content (AvgIpc) is 2.89. The van der Waals surface area contributed by atoms with Gasteiger partial charge in [0.1, 0.15) is 5.75 Å². The lowest BCUT2D eigenvalue weighted by atomic mass is 10.1. The molecule has 2 N–H and O–H groups in total. The summed E-state index contributed by atoms with van der Waals surface area (Å²) in [6, 6.07) is 18.4. The summed E-state index contributed by atoms with van der Waals surface area (Å²) in [4.78, 5) is 25.9. The smallest absolute Gasteiger partial charge is 0.265 e. The van der Waals surface area contributed by atoms with Crippen LogP contribution in [-0.2, 0) is 11.2 Å². The van der Waals surface area contributed by atoms with Crippen molar-refractivity contribution in [3.8, 4) is 17.2 Å². The van der Waals surface area contributed by atoms with Crippen LogP contribution >= 0.6 is 0 Å². The molecular weight excluding hydrogens is 456 g/mol. The number of ether oxygens (including phenoxy) is 3. The molecule has 3 aromatic rings. The van der Waals surface area contributed by atoms with Gasteiger partial charge in [0.25, 0.3) is 11.8 Å². The summed E-state index contributed by atoms with van der Waals surface area (Å²) >= 11 is 0. The highest BCUT2D eigenvalue weighted by Gasteiger charge is 2.21. The minimum atomic E-state index is -0.687. The zero-order chi connectivity index (χ0) is 26.1. The molecule has 7 nitrogen and oxygen atoms in total. The summed E-state index contributed by atoms with van der Waals surface area (Å²) in [5.74, 6) is 1.36. The molecule has 3 aromatic carbocycles. The Kier molecular flexibility index (Phi) is 9.33. The fourth-order valence-corrected chi connectivity index (χ4v) is 3.73. The molecule has 7 heteroatoms. The van der Waals surface area contributed by atoms with Gasteiger partial charge in [-0.3, -0.25) is 9.59 Å². The summed E-state index contributed by atoms with van der Waals surface area (Å²) in [5, 5.41) is 5.80. The fraction of sp³-hybridized carbons (Fsp3) is 0.310. The van der Waals surface area contributed by atoms with Crippen LogP contribution in [0.15, 0.2) is 60.7 Å². The molecule has 1 atom stereocenters. The van der Waals surface area contributed by atoms with Crippen LogP contribution in [-0.4, -0.2) is 38.7 Å². The van der Waals surface area contributed by atoms with Gasteiger partial charge in [0.05, 0.1) is 25.5 Å². The third kappa shape index (κ3) is 6.78. The maximum atomic E-state index is 13.0. The van der Waals surface area contributed by atoms with Gasteiger partial charge in [-0.25, -0.2) is 0 Å². The number of rotatable bonds is 11. The van der Waals surface area contributed by atoms with Crippen molar-refractivity contribution in [3.63, 3.8) is 0 Å². The molecule has 0 unspecified atom stereocenters. The topological polar surface area (TPSA) is 85.9 Å². The zero-order valence-corrected chi connectivity index (χ0v) is 21.5. The Bertz CT molecular complexity index is 1210. The van der Waals surface area contributed by atoms with E-state index < -0.39 is 6.10 Å². The molecular formula is C29H34N2O5. The minimum Gasteiger partial charge on any atom is -0.493 e. The Morgan fingerprint density at radius 1 is 0.889 bits per heavy atom. The highest BCUT2D eigenvalue weighted by molar-refractivity contribution is 6.04. The third-order valence-electron chi connectivity index (χ3n) is 6.00. The van der Waals surface area contributed by atoms with Crippen molar-refractivity contribution >= 4 is 17.5 Å². The van der Waals surface area contributed by atoms with E-state index in [0.29, 0.717) is 47.9 Å². The van der Waals surface area contributed by atoms with Crippen LogP contribution < -0.4 is 24.8 Å². The molecule has 0 fully saturated rings. The Morgan fingerprint density at radius 3 is 2.33 bits per heavy atom. The van der Waals surface area contributed by atoms with Crippen LogP contribution in [0.1, 0.15) is 40.4 Å². The van der Waals surface area contributed by atoms with Gasteiger partial charge in [-0.1, -0.05) is 31.2 Å². The number of hydrogen-bond acceptors (Lipinski definition) is 5.